The number of anilines is 2. The first-order chi connectivity index (χ1) is 10.5. The average Bonchev–Trinajstić information content (AvgIpc) is 2.76. The lowest BCUT2D eigenvalue weighted by Crippen LogP contribution is -2.31. The third-order valence-corrected chi connectivity index (χ3v) is 4.48. The first-order valence-electron chi connectivity index (χ1n) is 6.62. The largest absolute Gasteiger partial charge is 0.324 e. The second kappa shape index (κ2) is 5.63. The lowest BCUT2D eigenvalue weighted by Gasteiger charge is -2.13. The second-order valence-electron chi connectivity index (χ2n) is 4.98. The third-order valence-electron chi connectivity index (χ3n) is 3.66. The van der Waals surface area contributed by atoms with Crippen LogP contribution in [0.3, 0.4) is 0 Å². The Morgan fingerprint density at radius 1 is 1.14 bits per heavy atom. The molecule has 2 aromatic rings. The molecule has 1 atom stereocenters. The smallest absolute Gasteiger partial charge is 0.243 e. The lowest BCUT2D eigenvalue weighted by atomic mass is 10.00. The maximum atomic E-state index is 12.5. The highest BCUT2D eigenvalue weighted by atomic mass is 35.5. The Labute approximate surface area is 137 Å². The zero-order valence-electron chi connectivity index (χ0n) is 11.6. The number of para-hydroxylation sites is 1. The summed E-state index contributed by atoms with van der Waals surface area (Å²) in [5.41, 5.74) is 1.81. The minimum atomic E-state index is -0.878. The molecule has 22 heavy (non-hydrogen) atoms. The van der Waals surface area contributed by atoms with Crippen LogP contribution in [0.2, 0.25) is 10.0 Å². The van der Waals surface area contributed by atoms with Crippen molar-refractivity contribution in [2.45, 2.75) is 5.92 Å². The van der Waals surface area contributed by atoms with Crippen molar-refractivity contribution in [1.82, 2.24) is 0 Å². The van der Waals surface area contributed by atoms with Gasteiger partial charge in [0, 0.05) is 12.7 Å². The number of likely N-dealkylation sites (N-methyl/N-ethyl adjacent to an activating group) is 1. The number of halogens is 2. The summed E-state index contributed by atoms with van der Waals surface area (Å²) in [4.78, 5) is 26.4. The Morgan fingerprint density at radius 2 is 1.86 bits per heavy atom. The van der Waals surface area contributed by atoms with E-state index in [0.29, 0.717) is 16.3 Å². The number of amides is 2. The SMILES string of the molecule is CN1C(=O)[C@H](C(=O)Nc2cccc(Cl)c2Cl)c2ccccc21. The fraction of sp³-hybridized carbons (Fsp3) is 0.125. The van der Waals surface area contributed by atoms with Crippen molar-refractivity contribution in [3.63, 3.8) is 0 Å². The van der Waals surface area contributed by atoms with Gasteiger partial charge in [0.05, 0.1) is 15.7 Å². The monoisotopic (exact) mass is 334 g/mol. The summed E-state index contributed by atoms with van der Waals surface area (Å²) in [5.74, 6) is -1.57. The molecule has 1 aliphatic rings. The van der Waals surface area contributed by atoms with Crippen LogP contribution in [0.4, 0.5) is 11.4 Å². The Hall–Kier alpha value is -2.04. The van der Waals surface area contributed by atoms with Crippen molar-refractivity contribution in [3.05, 3.63) is 58.1 Å². The van der Waals surface area contributed by atoms with Crippen LogP contribution in [0, 0.1) is 0 Å². The van der Waals surface area contributed by atoms with Crippen LogP contribution < -0.4 is 10.2 Å². The molecule has 2 aromatic carbocycles. The minimum Gasteiger partial charge on any atom is -0.324 e. The van der Waals surface area contributed by atoms with Gasteiger partial charge in [0.15, 0.2) is 0 Å². The molecular formula is C16H12Cl2N2O2. The number of carbonyl (C=O) groups is 2. The number of nitrogens with zero attached hydrogens (tertiary/aromatic N) is 1. The van der Waals surface area contributed by atoms with Crippen molar-refractivity contribution in [2.75, 3.05) is 17.3 Å². The molecule has 1 heterocycles. The van der Waals surface area contributed by atoms with Crippen molar-refractivity contribution in [2.24, 2.45) is 0 Å². The van der Waals surface area contributed by atoms with Gasteiger partial charge in [-0.25, -0.2) is 0 Å². The van der Waals surface area contributed by atoms with E-state index in [4.69, 9.17) is 23.2 Å². The summed E-state index contributed by atoms with van der Waals surface area (Å²) in [6.45, 7) is 0. The summed E-state index contributed by atoms with van der Waals surface area (Å²) >= 11 is 12.0. The molecule has 1 N–H and O–H groups in total. The van der Waals surface area contributed by atoms with Gasteiger partial charge in [-0.3, -0.25) is 9.59 Å². The van der Waals surface area contributed by atoms with Crippen molar-refractivity contribution < 1.29 is 9.59 Å². The minimum absolute atomic E-state index is 0.254. The maximum absolute atomic E-state index is 12.5. The molecule has 0 unspecified atom stereocenters. The van der Waals surface area contributed by atoms with Crippen LogP contribution in [0.15, 0.2) is 42.5 Å². The molecule has 0 saturated heterocycles. The molecule has 3 rings (SSSR count). The topological polar surface area (TPSA) is 49.4 Å². The lowest BCUT2D eigenvalue weighted by molar-refractivity contribution is -0.126. The first-order valence-corrected chi connectivity index (χ1v) is 7.37. The molecule has 0 radical (unpaired) electrons. The number of benzene rings is 2. The second-order valence-corrected chi connectivity index (χ2v) is 5.76. The Morgan fingerprint density at radius 3 is 2.64 bits per heavy atom. The number of hydrogen-bond donors (Lipinski definition) is 1. The fourth-order valence-corrected chi connectivity index (χ4v) is 2.89. The van der Waals surface area contributed by atoms with E-state index in [0.717, 1.165) is 5.69 Å². The van der Waals surface area contributed by atoms with Gasteiger partial charge in [-0.2, -0.15) is 0 Å². The molecule has 4 nitrogen and oxygen atoms in total. The summed E-state index contributed by atoms with van der Waals surface area (Å²) in [7, 11) is 1.65. The fourth-order valence-electron chi connectivity index (χ4n) is 2.54. The van der Waals surface area contributed by atoms with Crippen molar-refractivity contribution in [3.8, 4) is 0 Å². The standard InChI is InChI=1S/C16H12Cl2N2O2/c1-20-12-8-3-2-5-9(12)13(16(20)22)15(21)19-11-7-4-6-10(17)14(11)18/h2-8,13H,1H3,(H,19,21)/t13-/m0/s1. The molecule has 0 spiro atoms. The van der Waals surface area contributed by atoms with Crippen molar-refractivity contribution in [1.29, 1.82) is 0 Å². The average molecular weight is 335 g/mol. The Kier molecular flexibility index (Phi) is 3.81. The van der Waals surface area contributed by atoms with Crippen LogP contribution in [-0.4, -0.2) is 18.9 Å². The molecular weight excluding hydrogens is 323 g/mol. The van der Waals surface area contributed by atoms with Gasteiger partial charge >= 0.3 is 0 Å². The molecule has 6 heteroatoms. The van der Waals surface area contributed by atoms with Gasteiger partial charge in [0.2, 0.25) is 11.8 Å². The Bertz CT molecular complexity index is 776. The predicted octanol–water partition coefficient (Wildman–Crippen LogP) is 3.69. The van der Waals surface area contributed by atoms with Gasteiger partial charge in [0.1, 0.15) is 5.92 Å². The normalized spacial score (nSPS) is 16.6. The molecule has 2 amide bonds. The summed E-state index contributed by atoms with van der Waals surface area (Å²) in [6, 6.07) is 12.2. The highest BCUT2D eigenvalue weighted by Crippen LogP contribution is 2.37. The van der Waals surface area contributed by atoms with E-state index in [-0.39, 0.29) is 10.9 Å². The summed E-state index contributed by atoms with van der Waals surface area (Å²) in [5, 5.41) is 3.28. The van der Waals surface area contributed by atoms with Crippen LogP contribution in [-0.2, 0) is 9.59 Å². The molecule has 0 aromatic heterocycles. The number of rotatable bonds is 2. The van der Waals surface area contributed by atoms with E-state index in [1.165, 1.54) is 4.90 Å². The predicted molar refractivity (Wildman–Crippen MR) is 87.7 cm³/mol. The van der Waals surface area contributed by atoms with Gasteiger partial charge in [0.25, 0.3) is 0 Å². The van der Waals surface area contributed by atoms with Gasteiger partial charge in [-0.05, 0) is 23.8 Å². The van der Waals surface area contributed by atoms with Gasteiger partial charge in [-0.1, -0.05) is 47.5 Å². The third kappa shape index (κ3) is 2.34. The maximum Gasteiger partial charge on any atom is 0.243 e. The van der Waals surface area contributed by atoms with Crippen LogP contribution in [0.1, 0.15) is 11.5 Å². The van der Waals surface area contributed by atoms with Gasteiger partial charge < -0.3 is 10.2 Å². The summed E-state index contributed by atoms with van der Waals surface area (Å²) < 4.78 is 0. The van der Waals surface area contributed by atoms with Gasteiger partial charge in [-0.15, -0.1) is 0 Å². The highest BCUT2D eigenvalue weighted by molar-refractivity contribution is 6.44. The van der Waals surface area contributed by atoms with E-state index in [9.17, 15) is 9.59 Å². The summed E-state index contributed by atoms with van der Waals surface area (Å²) in [6.07, 6.45) is 0. The quantitative estimate of drug-likeness (QED) is 0.851. The van der Waals surface area contributed by atoms with Crippen LogP contribution >= 0.6 is 23.2 Å². The zero-order valence-corrected chi connectivity index (χ0v) is 13.2. The molecule has 0 fully saturated rings. The van der Waals surface area contributed by atoms with Crippen LogP contribution in [0.5, 0.6) is 0 Å². The van der Waals surface area contributed by atoms with E-state index in [1.54, 1.807) is 37.4 Å². The number of hydrogen-bond acceptors (Lipinski definition) is 2. The molecule has 0 bridgehead atoms. The highest BCUT2D eigenvalue weighted by Gasteiger charge is 2.40. The molecule has 0 aliphatic carbocycles. The molecule has 112 valence electrons. The first kappa shape index (κ1) is 14.9. The zero-order chi connectivity index (χ0) is 15.9. The molecule has 0 saturated carbocycles. The number of fused-ring (bicyclic) bond motifs is 1. The van der Waals surface area contributed by atoms with Crippen LogP contribution in [0.25, 0.3) is 0 Å². The van der Waals surface area contributed by atoms with Crippen molar-refractivity contribution >= 4 is 46.4 Å². The number of nitrogens with one attached hydrogen (secondary N) is 1. The molecule has 1 aliphatic heterocycles. The Balaban J connectivity index is 1.93. The van der Waals surface area contributed by atoms with E-state index in [2.05, 4.69) is 5.32 Å². The van der Waals surface area contributed by atoms with E-state index < -0.39 is 11.8 Å². The van der Waals surface area contributed by atoms with E-state index in [1.807, 2.05) is 12.1 Å². The van der Waals surface area contributed by atoms with E-state index >= 15 is 0 Å². The number of carbonyl (C=O) groups excluding carboxylic acids is 2.